The molecule has 1 unspecified atom stereocenters. The summed E-state index contributed by atoms with van der Waals surface area (Å²) in [6.45, 7) is 8.57. The van der Waals surface area contributed by atoms with Crippen molar-refractivity contribution in [3.63, 3.8) is 0 Å². The molecule has 1 aromatic rings. The maximum Gasteiger partial charge on any atom is 0.0163 e. The fraction of sp³-hybridized carbons (Fsp3) is 0.538. The first kappa shape index (κ1) is 11.3. The molecule has 2 N–H and O–H groups in total. The lowest BCUT2D eigenvalue weighted by molar-refractivity contribution is 0.433. The molecule has 0 bridgehead atoms. The van der Waals surface area contributed by atoms with E-state index in [0.717, 1.165) is 6.42 Å². The second kappa shape index (κ2) is 4.14. The molecule has 1 atom stereocenters. The quantitative estimate of drug-likeness (QED) is 0.780. The molecule has 0 saturated heterocycles. The maximum absolute atomic E-state index is 6.13. The predicted molar refractivity (Wildman–Crippen MR) is 62.5 cm³/mol. The maximum atomic E-state index is 6.13. The molecule has 0 aliphatic heterocycles. The van der Waals surface area contributed by atoms with Gasteiger partial charge in [0.05, 0.1) is 0 Å². The van der Waals surface area contributed by atoms with Gasteiger partial charge in [-0.25, -0.2) is 0 Å². The first-order valence-corrected chi connectivity index (χ1v) is 5.33. The van der Waals surface area contributed by atoms with E-state index in [9.17, 15) is 0 Å². The van der Waals surface area contributed by atoms with Gasteiger partial charge in [0.15, 0.2) is 0 Å². The van der Waals surface area contributed by atoms with E-state index >= 15 is 0 Å². The van der Waals surface area contributed by atoms with Gasteiger partial charge < -0.3 is 5.73 Å². The number of aryl methyl sites for hydroxylation is 1. The summed E-state index contributed by atoms with van der Waals surface area (Å²) in [6.07, 6.45) is 1.08. The Balaban J connectivity index is 3.06. The first-order chi connectivity index (χ1) is 6.46. The fourth-order valence-electron chi connectivity index (χ4n) is 1.68. The minimum atomic E-state index is -0.148. The van der Waals surface area contributed by atoms with Crippen molar-refractivity contribution >= 4 is 0 Å². The van der Waals surface area contributed by atoms with Gasteiger partial charge in [0.1, 0.15) is 0 Å². The molecule has 0 aliphatic carbocycles. The smallest absolute Gasteiger partial charge is 0.0163 e. The fourth-order valence-corrected chi connectivity index (χ4v) is 1.68. The second-order valence-corrected chi connectivity index (χ2v) is 4.60. The molecule has 0 aliphatic rings. The van der Waals surface area contributed by atoms with Crippen molar-refractivity contribution < 1.29 is 0 Å². The van der Waals surface area contributed by atoms with Crippen LogP contribution in [-0.2, 0) is 6.42 Å². The average Bonchev–Trinajstić information content (AvgIpc) is 2.15. The van der Waals surface area contributed by atoms with Gasteiger partial charge in [0.25, 0.3) is 0 Å². The van der Waals surface area contributed by atoms with Crippen LogP contribution in [0.1, 0.15) is 44.7 Å². The molecule has 0 fully saturated rings. The van der Waals surface area contributed by atoms with Crippen LogP contribution in [0.3, 0.4) is 0 Å². The molecule has 1 aromatic carbocycles. The van der Waals surface area contributed by atoms with Crippen LogP contribution in [0.25, 0.3) is 0 Å². The van der Waals surface area contributed by atoms with Crippen molar-refractivity contribution in [3.8, 4) is 0 Å². The van der Waals surface area contributed by atoms with Crippen LogP contribution in [-0.4, -0.2) is 5.54 Å². The monoisotopic (exact) mass is 191 g/mol. The Hall–Kier alpha value is -0.820. The van der Waals surface area contributed by atoms with Crippen LogP contribution >= 0.6 is 0 Å². The lowest BCUT2D eigenvalue weighted by atomic mass is 9.82. The highest BCUT2D eigenvalue weighted by atomic mass is 14.7. The molecule has 1 heteroatoms. The summed E-state index contributed by atoms with van der Waals surface area (Å²) in [6, 6.07) is 8.57. The lowest BCUT2D eigenvalue weighted by Crippen LogP contribution is -2.38. The predicted octanol–water partition coefficient (Wildman–Crippen LogP) is 3.09. The summed E-state index contributed by atoms with van der Waals surface area (Å²) < 4.78 is 0. The zero-order valence-electron chi connectivity index (χ0n) is 9.67. The highest BCUT2D eigenvalue weighted by Crippen LogP contribution is 2.28. The average molecular weight is 191 g/mol. The van der Waals surface area contributed by atoms with Crippen molar-refractivity contribution in [1.29, 1.82) is 0 Å². The van der Waals surface area contributed by atoms with Gasteiger partial charge in [-0.2, -0.15) is 0 Å². The summed E-state index contributed by atoms with van der Waals surface area (Å²) in [7, 11) is 0. The molecule has 0 heterocycles. The molecular formula is C13H21N. The number of rotatable bonds is 3. The van der Waals surface area contributed by atoms with Crippen molar-refractivity contribution in [3.05, 3.63) is 35.4 Å². The van der Waals surface area contributed by atoms with Crippen molar-refractivity contribution in [1.82, 2.24) is 0 Å². The standard InChI is InChI=1S/C13H21N/c1-5-11-8-6-7-9-12(11)10(2)13(3,4)14/h6-10H,5,14H2,1-4H3. The van der Waals surface area contributed by atoms with E-state index in [4.69, 9.17) is 5.73 Å². The molecule has 0 radical (unpaired) electrons. The molecule has 1 rings (SSSR count). The summed E-state index contributed by atoms with van der Waals surface area (Å²) in [4.78, 5) is 0. The molecule has 0 aromatic heterocycles. The molecule has 14 heavy (non-hydrogen) atoms. The van der Waals surface area contributed by atoms with Crippen LogP contribution in [0.15, 0.2) is 24.3 Å². The van der Waals surface area contributed by atoms with Gasteiger partial charge in [0, 0.05) is 5.54 Å². The van der Waals surface area contributed by atoms with Crippen LogP contribution < -0.4 is 5.73 Å². The van der Waals surface area contributed by atoms with E-state index in [2.05, 4.69) is 52.0 Å². The molecule has 0 spiro atoms. The Morgan fingerprint density at radius 2 is 1.86 bits per heavy atom. The minimum absolute atomic E-state index is 0.148. The summed E-state index contributed by atoms with van der Waals surface area (Å²) in [5.41, 5.74) is 8.79. The van der Waals surface area contributed by atoms with Crippen LogP contribution in [0.4, 0.5) is 0 Å². The van der Waals surface area contributed by atoms with Gasteiger partial charge in [-0.1, -0.05) is 38.1 Å². The number of nitrogens with two attached hydrogens (primary N) is 1. The van der Waals surface area contributed by atoms with Crippen molar-refractivity contribution in [2.45, 2.75) is 45.6 Å². The molecule has 0 saturated carbocycles. The minimum Gasteiger partial charge on any atom is -0.325 e. The van der Waals surface area contributed by atoms with E-state index < -0.39 is 0 Å². The molecular weight excluding hydrogens is 170 g/mol. The number of hydrogen-bond donors (Lipinski definition) is 1. The van der Waals surface area contributed by atoms with Gasteiger partial charge in [0.2, 0.25) is 0 Å². The first-order valence-electron chi connectivity index (χ1n) is 5.33. The second-order valence-electron chi connectivity index (χ2n) is 4.60. The molecule has 0 amide bonds. The van der Waals surface area contributed by atoms with Gasteiger partial charge >= 0.3 is 0 Å². The SMILES string of the molecule is CCc1ccccc1C(C)C(C)(C)N. The summed E-state index contributed by atoms with van der Waals surface area (Å²) in [5.74, 6) is 0.402. The summed E-state index contributed by atoms with van der Waals surface area (Å²) in [5, 5.41) is 0. The third kappa shape index (κ3) is 2.36. The van der Waals surface area contributed by atoms with E-state index in [1.807, 2.05) is 0 Å². The van der Waals surface area contributed by atoms with E-state index in [-0.39, 0.29) is 5.54 Å². The van der Waals surface area contributed by atoms with E-state index in [0.29, 0.717) is 5.92 Å². The van der Waals surface area contributed by atoms with Gasteiger partial charge in [-0.3, -0.25) is 0 Å². The zero-order chi connectivity index (χ0) is 10.8. The van der Waals surface area contributed by atoms with E-state index in [1.165, 1.54) is 11.1 Å². The molecule has 1 nitrogen and oxygen atoms in total. The molecule has 78 valence electrons. The van der Waals surface area contributed by atoms with Crippen molar-refractivity contribution in [2.24, 2.45) is 5.73 Å². The summed E-state index contributed by atoms with van der Waals surface area (Å²) >= 11 is 0. The Kier molecular flexibility index (Phi) is 3.33. The largest absolute Gasteiger partial charge is 0.325 e. The normalized spacial score (nSPS) is 14.1. The Morgan fingerprint density at radius 1 is 1.29 bits per heavy atom. The zero-order valence-corrected chi connectivity index (χ0v) is 9.67. The third-order valence-electron chi connectivity index (χ3n) is 3.02. The van der Waals surface area contributed by atoms with Crippen LogP contribution in [0.2, 0.25) is 0 Å². The van der Waals surface area contributed by atoms with Crippen LogP contribution in [0, 0.1) is 0 Å². The van der Waals surface area contributed by atoms with E-state index in [1.54, 1.807) is 0 Å². The number of benzene rings is 1. The topological polar surface area (TPSA) is 26.0 Å². The number of hydrogen-bond acceptors (Lipinski definition) is 1. The van der Waals surface area contributed by atoms with Crippen LogP contribution in [0.5, 0.6) is 0 Å². The lowest BCUT2D eigenvalue weighted by Gasteiger charge is -2.29. The highest BCUT2D eigenvalue weighted by molar-refractivity contribution is 5.32. The Labute approximate surface area is 87.3 Å². The Morgan fingerprint density at radius 3 is 2.36 bits per heavy atom. The Bertz CT molecular complexity index is 296. The van der Waals surface area contributed by atoms with Gasteiger partial charge in [-0.05, 0) is 37.3 Å². The highest BCUT2D eigenvalue weighted by Gasteiger charge is 2.23. The van der Waals surface area contributed by atoms with Crippen molar-refractivity contribution in [2.75, 3.05) is 0 Å². The van der Waals surface area contributed by atoms with Gasteiger partial charge in [-0.15, -0.1) is 0 Å². The third-order valence-corrected chi connectivity index (χ3v) is 3.02.